The van der Waals surface area contributed by atoms with Crippen molar-refractivity contribution in [3.63, 3.8) is 0 Å². The molecular formula is C17H33NO2. The molecule has 0 saturated heterocycles. The predicted octanol–water partition coefficient (Wildman–Crippen LogP) is 4.04. The SMILES string of the molecule is CCC1(OC(=O)C(C)(CC(C)(C)N)C(C)C)CCCC1. The van der Waals surface area contributed by atoms with Crippen LogP contribution in [0.5, 0.6) is 0 Å². The number of hydrogen-bond acceptors (Lipinski definition) is 3. The molecule has 1 aliphatic carbocycles. The molecule has 0 radical (unpaired) electrons. The normalized spacial score (nSPS) is 21.8. The molecule has 0 aromatic carbocycles. The number of carbonyl (C=O) groups is 1. The molecule has 1 rings (SSSR count). The summed E-state index contributed by atoms with van der Waals surface area (Å²) in [6, 6.07) is 0. The standard InChI is InChI=1S/C17H33NO2/c1-7-17(10-8-9-11-17)20-14(19)16(6,13(2)3)12-15(4,5)18/h13H,7-12,18H2,1-6H3. The molecule has 0 bridgehead atoms. The van der Waals surface area contributed by atoms with Crippen molar-refractivity contribution >= 4 is 5.97 Å². The lowest BCUT2D eigenvalue weighted by Gasteiger charge is -2.40. The molecule has 20 heavy (non-hydrogen) atoms. The van der Waals surface area contributed by atoms with Crippen molar-refractivity contribution in [3.8, 4) is 0 Å². The van der Waals surface area contributed by atoms with Gasteiger partial charge in [0.2, 0.25) is 0 Å². The average Bonchev–Trinajstić information content (AvgIpc) is 2.75. The van der Waals surface area contributed by atoms with Gasteiger partial charge in [-0.25, -0.2) is 0 Å². The number of carbonyl (C=O) groups excluding carboxylic acids is 1. The van der Waals surface area contributed by atoms with Crippen molar-refractivity contribution in [2.45, 2.75) is 91.2 Å². The molecule has 0 heterocycles. The molecule has 118 valence electrons. The molecule has 0 aromatic rings. The zero-order valence-corrected chi connectivity index (χ0v) is 14.2. The highest BCUT2D eigenvalue weighted by Gasteiger charge is 2.45. The number of esters is 1. The van der Waals surface area contributed by atoms with Gasteiger partial charge in [0.25, 0.3) is 0 Å². The summed E-state index contributed by atoms with van der Waals surface area (Å²) in [4.78, 5) is 12.8. The summed E-state index contributed by atoms with van der Waals surface area (Å²) in [7, 11) is 0. The Bertz CT molecular complexity index is 337. The first kappa shape index (κ1) is 17.5. The molecule has 1 unspecified atom stereocenters. The van der Waals surface area contributed by atoms with Crippen molar-refractivity contribution in [2.24, 2.45) is 17.1 Å². The van der Waals surface area contributed by atoms with Gasteiger partial charge in [-0.2, -0.15) is 0 Å². The van der Waals surface area contributed by atoms with E-state index in [1.54, 1.807) is 0 Å². The van der Waals surface area contributed by atoms with Crippen molar-refractivity contribution in [2.75, 3.05) is 0 Å². The van der Waals surface area contributed by atoms with Gasteiger partial charge in [-0.1, -0.05) is 20.8 Å². The monoisotopic (exact) mass is 283 g/mol. The maximum Gasteiger partial charge on any atom is 0.312 e. The van der Waals surface area contributed by atoms with Crippen LogP contribution >= 0.6 is 0 Å². The Kier molecular flexibility index (Phi) is 5.29. The van der Waals surface area contributed by atoms with Crippen LogP contribution in [0.4, 0.5) is 0 Å². The van der Waals surface area contributed by atoms with Crippen molar-refractivity contribution in [1.82, 2.24) is 0 Å². The summed E-state index contributed by atoms with van der Waals surface area (Å²) >= 11 is 0. The fourth-order valence-corrected chi connectivity index (χ4v) is 3.32. The lowest BCUT2D eigenvalue weighted by Crippen LogP contribution is -2.47. The minimum absolute atomic E-state index is 0.0604. The van der Waals surface area contributed by atoms with Gasteiger partial charge < -0.3 is 10.5 Å². The Labute approximate surface area is 124 Å². The van der Waals surface area contributed by atoms with E-state index >= 15 is 0 Å². The van der Waals surface area contributed by atoms with Gasteiger partial charge in [-0.15, -0.1) is 0 Å². The van der Waals surface area contributed by atoms with Gasteiger partial charge in [0.1, 0.15) is 5.60 Å². The maximum atomic E-state index is 12.8. The third-order valence-corrected chi connectivity index (χ3v) is 5.03. The van der Waals surface area contributed by atoms with Crippen LogP contribution in [0.15, 0.2) is 0 Å². The molecule has 1 atom stereocenters. The minimum atomic E-state index is -0.511. The fourth-order valence-electron chi connectivity index (χ4n) is 3.32. The van der Waals surface area contributed by atoms with E-state index in [0.29, 0.717) is 6.42 Å². The number of hydrogen-bond donors (Lipinski definition) is 1. The molecule has 0 spiro atoms. The van der Waals surface area contributed by atoms with E-state index in [9.17, 15) is 4.79 Å². The Hall–Kier alpha value is -0.570. The third-order valence-electron chi connectivity index (χ3n) is 5.03. The Morgan fingerprint density at radius 3 is 2.10 bits per heavy atom. The summed E-state index contributed by atoms with van der Waals surface area (Å²) in [5.41, 5.74) is 5.07. The molecule has 2 N–H and O–H groups in total. The van der Waals surface area contributed by atoms with E-state index in [2.05, 4.69) is 20.8 Å². The van der Waals surface area contributed by atoms with Crippen molar-refractivity contribution < 1.29 is 9.53 Å². The predicted molar refractivity (Wildman–Crippen MR) is 83.4 cm³/mol. The highest BCUT2D eigenvalue weighted by Crippen LogP contribution is 2.42. The van der Waals surface area contributed by atoms with Crippen molar-refractivity contribution in [3.05, 3.63) is 0 Å². The summed E-state index contributed by atoms with van der Waals surface area (Å²) < 4.78 is 6.03. The van der Waals surface area contributed by atoms with Gasteiger partial charge in [0.05, 0.1) is 5.41 Å². The topological polar surface area (TPSA) is 52.3 Å². The highest BCUT2D eigenvalue weighted by molar-refractivity contribution is 5.77. The van der Waals surface area contributed by atoms with Crippen LogP contribution in [0.3, 0.4) is 0 Å². The van der Waals surface area contributed by atoms with Crippen LogP contribution in [-0.2, 0) is 9.53 Å². The molecule has 0 aliphatic heterocycles. The van der Waals surface area contributed by atoms with Gasteiger partial charge in [0.15, 0.2) is 0 Å². The highest BCUT2D eigenvalue weighted by atomic mass is 16.6. The zero-order valence-electron chi connectivity index (χ0n) is 14.2. The van der Waals surface area contributed by atoms with E-state index < -0.39 is 5.41 Å². The van der Waals surface area contributed by atoms with Gasteiger partial charge in [-0.3, -0.25) is 4.79 Å². The summed E-state index contributed by atoms with van der Waals surface area (Å²) in [5.74, 6) is 0.155. The van der Waals surface area contributed by atoms with Crippen molar-refractivity contribution in [1.29, 1.82) is 0 Å². The third kappa shape index (κ3) is 3.97. The van der Waals surface area contributed by atoms with E-state index in [1.165, 1.54) is 12.8 Å². The van der Waals surface area contributed by atoms with E-state index in [1.807, 2.05) is 20.8 Å². The Morgan fingerprint density at radius 2 is 1.75 bits per heavy atom. The van der Waals surface area contributed by atoms with Crippen LogP contribution in [0.2, 0.25) is 0 Å². The quantitative estimate of drug-likeness (QED) is 0.748. The molecule has 1 saturated carbocycles. The smallest absolute Gasteiger partial charge is 0.312 e. The first-order valence-corrected chi connectivity index (χ1v) is 8.07. The maximum absolute atomic E-state index is 12.8. The number of nitrogens with two attached hydrogens (primary N) is 1. The molecule has 1 fully saturated rings. The summed E-state index contributed by atoms with van der Waals surface area (Å²) in [6.45, 7) is 12.3. The van der Waals surface area contributed by atoms with Crippen LogP contribution in [0.25, 0.3) is 0 Å². The lowest BCUT2D eigenvalue weighted by atomic mass is 9.71. The second-order valence-corrected chi connectivity index (χ2v) is 7.87. The van der Waals surface area contributed by atoms with E-state index in [0.717, 1.165) is 19.3 Å². The zero-order chi connectivity index (χ0) is 15.6. The molecule has 0 amide bonds. The first-order chi connectivity index (χ1) is 9.05. The number of ether oxygens (including phenoxy) is 1. The van der Waals surface area contributed by atoms with E-state index in [4.69, 9.17) is 10.5 Å². The second-order valence-electron chi connectivity index (χ2n) is 7.87. The van der Waals surface area contributed by atoms with Crippen LogP contribution in [0, 0.1) is 11.3 Å². The largest absolute Gasteiger partial charge is 0.459 e. The Balaban J connectivity index is 2.89. The first-order valence-electron chi connectivity index (χ1n) is 8.07. The van der Waals surface area contributed by atoms with Gasteiger partial charge in [0, 0.05) is 5.54 Å². The molecule has 3 nitrogen and oxygen atoms in total. The van der Waals surface area contributed by atoms with Gasteiger partial charge in [-0.05, 0) is 65.2 Å². The molecule has 0 aromatic heterocycles. The number of rotatable bonds is 6. The van der Waals surface area contributed by atoms with Crippen LogP contribution < -0.4 is 5.73 Å². The molecular weight excluding hydrogens is 250 g/mol. The van der Waals surface area contributed by atoms with E-state index in [-0.39, 0.29) is 23.0 Å². The Morgan fingerprint density at radius 1 is 1.25 bits per heavy atom. The fraction of sp³-hybridized carbons (Fsp3) is 0.941. The molecule has 1 aliphatic rings. The average molecular weight is 283 g/mol. The molecule has 3 heteroatoms. The summed E-state index contributed by atoms with van der Waals surface area (Å²) in [6.07, 6.45) is 5.92. The van der Waals surface area contributed by atoms with Gasteiger partial charge >= 0.3 is 5.97 Å². The van der Waals surface area contributed by atoms with Crippen LogP contribution in [0.1, 0.15) is 80.1 Å². The summed E-state index contributed by atoms with van der Waals surface area (Å²) in [5, 5.41) is 0. The lowest BCUT2D eigenvalue weighted by molar-refractivity contribution is -0.176. The minimum Gasteiger partial charge on any atom is -0.459 e. The van der Waals surface area contributed by atoms with Crippen LogP contribution in [-0.4, -0.2) is 17.1 Å². The second kappa shape index (κ2) is 6.05.